The standard InChI is InChI=1S/C10H17N3O2/c1-7(2)5-15-10(14)9(11)3-8-4-12-6-13-8/h4,6-7,9H,3,5,11H2,1-2H3,(H,12,13). The van der Waals surface area contributed by atoms with E-state index < -0.39 is 6.04 Å². The monoisotopic (exact) mass is 211 g/mol. The van der Waals surface area contributed by atoms with Crippen molar-refractivity contribution in [3.05, 3.63) is 18.2 Å². The molecule has 1 rings (SSSR count). The molecule has 0 radical (unpaired) electrons. The number of aromatic nitrogens is 2. The minimum atomic E-state index is -0.621. The van der Waals surface area contributed by atoms with Gasteiger partial charge in [-0.3, -0.25) is 4.79 Å². The molecule has 5 nitrogen and oxygen atoms in total. The number of esters is 1. The fourth-order valence-corrected chi connectivity index (χ4v) is 1.07. The van der Waals surface area contributed by atoms with Crippen molar-refractivity contribution in [1.82, 2.24) is 9.97 Å². The molecule has 15 heavy (non-hydrogen) atoms. The van der Waals surface area contributed by atoms with Gasteiger partial charge in [0.05, 0.1) is 12.9 Å². The van der Waals surface area contributed by atoms with Crippen LogP contribution in [0.3, 0.4) is 0 Å². The third kappa shape index (κ3) is 4.12. The molecule has 0 fully saturated rings. The van der Waals surface area contributed by atoms with Crippen LogP contribution in [0.15, 0.2) is 12.5 Å². The summed E-state index contributed by atoms with van der Waals surface area (Å²) in [5, 5.41) is 0. The lowest BCUT2D eigenvalue weighted by Gasteiger charge is -2.11. The van der Waals surface area contributed by atoms with Crippen LogP contribution in [0, 0.1) is 5.92 Å². The van der Waals surface area contributed by atoms with E-state index in [0.717, 1.165) is 5.69 Å². The van der Waals surface area contributed by atoms with Crippen molar-refractivity contribution < 1.29 is 9.53 Å². The predicted molar refractivity (Wildman–Crippen MR) is 56.1 cm³/mol. The molecule has 0 saturated heterocycles. The molecule has 5 heteroatoms. The fourth-order valence-electron chi connectivity index (χ4n) is 1.07. The van der Waals surface area contributed by atoms with Crippen LogP contribution in [0.4, 0.5) is 0 Å². The zero-order valence-electron chi connectivity index (χ0n) is 9.06. The van der Waals surface area contributed by atoms with Crippen molar-refractivity contribution in [2.75, 3.05) is 6.61 Å². The van der Waals surface area contributed by atoms with Gasteiger partial charge in [-0.1, -0.05) is 13.8 Å². The maximum Gasteiger partial charge on any atom is 0.323 e. The lowest BCUT2D eigenvalue weighted by atomic mass is 10.2. The minimum Gasteiger partial charge on any atom is -0.464 e. The number of hydrogen-bond donors (Lipinski definition) is 2. The number of ether oxygens (including phenoxy) is 1. The van der Waals surface area contributed by atoms with E-state index in [4.69, 9.17) is 10.5 Å². The molecule has 0 amide bonds. The molecule has 84 valence electrons. The number of carbonyl (C=O) groups is 1. The van der Waals surface area contributed by atoms with Gasteiger partial charge in [0.2, 0.25) is 0 Å². The smallest absolute Gasteiger partial charge is 0.323 e. The summed E-state index contributed by atoms with van der Waals surface area (Å²) in [4.78, 5) is 18.1. The van der Waals surface area contributed by atoms with Gasteiger partial charge < -0.3 is 15.5 Å². The minimum absolute atomic E-state index is 0.327. The highest BCUT2D eigenvalue weighted by molar-refractivity contribution is 5.75. The average molecular weight is 211 g/mol. The summed E-state index contributed by atoms with van der Waals surface area (Å²) < 4.78 is 5.02. The molecule has 1 atom stereocenters. The number of aromatic amines is 1. The second-order valence-corrected chi connectivity index (χ2v) is 3.91. The van der Waals surface area contributed by atoms with Gasteiger partial charge in [0, 0.05) is 18.3 Å². The second kappa shape index (κ2) is 5.50. The van der Waals surface area contributed by atoms with Gasteiger partial charge in [-0.05, 0) is 5.92 Å². The van der Waals surface area contributed by atoms with Crippen molar-refractivity contribution in [2.45, 2.75) is 26.3 Å². The number of H-pyrrole nitrogens is 1. The first kappa shape index (κ1) is 11.7. The molecule has 1 aromatic rings. The van der Waals surface area contributed by atoms with E-state index in [1.165, 1.54) is 0 Å². The highest BCUT2D eigenvalue weighted by atomic mass is 16.5. The third-order valence-corrected chi connectivity index (χ3v) is 1.86. The van der Waals surface area contributed by atoms with E-state index in [1.54, 1.807) is 12.5 Å². The van der Waals surface area contributed by atoms with Crippen LogP contribution >= 0.6 is 0 Å². The zero-order chi connectivity index (χ0) is 11.3. The van der Waals surface area contributed by atoms with Gasteiger partial charge in [-0.2, -0.15) is 0 Å². The van der Waals surface area contributed by atoms with Crippen LogP contribution in [0.25, 0.3) is 0 Å². The quantitative estimate of drug-likeness (QED) is 0.694. The van der Waals surface area contributed by atoms with E-state index in [2.05, 4.69) is 9.97 Å². The topological polar surface area (TPSA) is 81.0 Å². The lowest BCUT2D eigenvalue weighted by molar-refractivity contribution is -0.146. The Morgan fingerprint density at radius 1 is 1.67 bits per heavy atom. The van der Waals surface area contributed by atoms with Crippen LogP contribution in [0.2, 0.25) is 0 Å². The third-order valence-electron chi connectivity index (χ3n) is 1.86. The molecule has 0 aliphatic rings. The fraction of sp³-hybridized carbons (Fsp3) is 0.600. The molecule has 0 bridgehead atoms. The van der Waals surface area contributed by atoms with Crippen molar-refractivity contribution >= 4 is 5.97 Å². The number of nitrogens with one attached hydrogen (secondary N) is 1. The molecule has 0 spiro atoms. The second-order valence-electron chi connectivity index (χ2n) is 3.91. The summed E-state index contributed by atoms with van der Waals surface area (Å²) in [6.07, 6.45) is 3.63. The first-order chi connectivity index (χ1) is 7.09. The SMILES string of the molecule is CC(C)COC(=O)C(N)Cc1cnc[nH]1. The van der Waals surface area contributed by atoms with Crippen molar-refractivity contribution in [1.29, 1.82) is 0 Å². The zero-order valence-corrected chi connectivity index (χ0v) is 9.06. The Hall–Kier alpha value is -1.36. The number of hydrogen-bond acceptors (Lipinski definition) is 4. The van der Waals surface area contributed by atoms with Crippen LogP contribution in [-0.4, -0.2) is 28.6 Å². The highest BCUT2D eigenvalue weighted by Gasteiger charge is 2.16. The molecule has 1 aromatic heterocycles. The first-order valence-electron chi connectivity index (χ1n) is 4.99. The number of rotatable bonds is 5. The van der Waals surface area contributed by atoms with Gasteiger partial charge in [0.15, 0.2) is 0 Å². The number of nitrogens with zero attached hydrogens (tertiary/aromatic N) is 1. The van der Waals surface area contributed by atoms with Gasteiger partial charge in [-0.25, -0.2) is 4.98 Å². The largest absolute Gasteiger partial charge is 0.464 e. The number of carbonyl (C=O) groups excluding carboxylic acids is 1. The Morgan fingerprint density at radius 3 is 2.93 bits per heavy atom. The van der Waals surface area contributed by atoms with Gasteiger partial charge in [-0.15, -0.1) is 0 Å². The molecule has 0 aliphatic carbocycles. The first-order valence-corrected chi connectivity index (χ1v) is 4.99. The molecule has 1 unspecified atom stereocenters. The molecular formula is C10H17N3O2. The summed E-state index contributed by atoms with van der Waals surface area (Å²) in [7, 11) is 0. The Balaban J connectivity index is 2.33. The van der Waals surface area contributed by atoms with E-state index in [0.29, 0.717) is 18.9 Å². The maximum atomic E-state index is 11.4. The molecule has 0 saturated carbocycles. The summed E-state index contributed by atoms with van der Waals surface area (Å²) in [5.74, 6) is -0.0356. The van der Waals surface area contributed by atoms with Crippen LogP contribution in [-0.2, 0) is 16.0 Å². The summed E-state index contributed by atoms with van der Waals surface area (Å²) in [6.45, 7) is 4.37. The van der Waals surface area contributed by atoms with Gasteiger partial charge >= 0.3 is 5.97 Å². The van der Waals surface area contributed by atoms with Crippen LogP contribution in [0.1, 0.15) is 19.5 Å². The van der Waals surface area contributed by atoms with Gasteiger partial charge in [0.1, 0.15) is 6.04 Å². The summed E-state index contributed by atoms with van der Waals surface area (Å²) in [6, 6.07) is -0.621. The molecule has 0 aromatic carbocycles. The molecular weight excluding hydrogens is 194 g/mol. The lowest BCUT2D eigenvalue weighted by Crippen LogP contribution is -2.35. The van der Waals surface area contributed by atoms with Crippen LogP contribution < -0.4 is 5.73 Å². The van der Waals surface area contributed by atoms with Gasteiger partial charge in [0.25, 0.3) is 0 Å². The highest BCUT2D eigenvalue weighted by Crippen LogP contribution is 2.00. The van der Waals surface area contributed by atoms with Crippen LogP contribution in [0.5, 0.6) is 0 Å². The molecule has 3 N–H and O–H groups in total. The predicted octanol–water partition coefficient (Wildman–Crippen LogP) is 0.479. The summed E-state index contributed by atoms with van der Waals surface area (Å²) >= 11 is 0. The maximum absolute atomic E-state index is 11.4. The van der Waals surface area contributed by atoms with E-state index >= 15 is 0 Å². The van der Waals surface area contributed by atoms with E-state index in [1.807, 2.05) is 13.8 Å². The van der Waals surface area contributed by atoms with E-state index in [9.17, 15) is 4.79 Å². The van der Waals surface area contributed by atoms with Crippen molar-refractivity contribution in [2.24, 2.45) is 11.7 Å². The Kier molecular flexibility index (Phi) is 4.30. The molecule has 1 heterocycles. The Labute approximate surface area is 89.0 Å². The molecule has 0 aliphatic heterocycles. The number of nitrogens with two attached hydrogens (primary N) is 1. The summed E-state index contributed by atoms with van der Waals surface area (Å²) in [5.41, 5.74) is 6.51. The Morgan fingerprint density at radius 2 is 2.40 bits per heavy atom. The average Bonchev–Trinajstić information content (AvgIpc) is 2.66. The van der Waals surface area contributed by atoms with Crippen molar-refractivity contribution in [3.8, 4) is 0 Å². The normalized spacial score (nSPS) is 12.8. The van der Waals surface area contributed by atoms with Crippen molar-refractivity contribution in [3.63, 3.8) is 0 Å². The van der Waals surface area contributed by atoms with E-state index in [-0.39, 0.29) is 5.97 Å². The Bertz CT molecular complexity index is 296. The number of imidazole rings is 1.